The summed E-state index contributed by atoms with van der Waals surface area (Å²) < 4.78 is 14.4. The van der Waals surface area contributed by atoms with Crippen molar-refractivity contribution in [2.24, 2.45) is 0 Å². The van der Waals surface area contributed by atoms with Crippen molar-refractivity contribution in [3.05, 3.63) is 29.6 Å². The van der Waals surface area contributed by atoms with Gasteiger partial charge in [-0.15, -0.1) is 0 Å². The maximum Gasteiger partial charge on any atom is 0.222 e. The van der Waals surface area contributed by atoms with Crippen LogP contribution < -0.4 is 16.0 Å². The maximum absolute atomic E-state index is 14.4. The molecule has 0 radical (unpaired) electrons. The van der Waals surface area contributed by atoms with Crippen molar-refractivity contribution in [1.82, 2.24) is 10.6 Å². The van der Waals surface area contributed by atoms with Crippen LogP contribution >= 0.6 is 0 Å². The predicted molar refractivity (Wildman–Crippen MR) is 82.0 cm³/mol. The second kappa shape index (κ2) is 6.62. The number of rotatable bonds is 3. The summed E-state index contributed by atoms with van der Waals surface area (Å²) in [6.45, 7) is 1.86. The van der Waals surface area contributed by atoms with Crippen molar-refractivity contribution in [2.45, 2.75) is 43.9 Å². The van der Waals surface area contributed by atoms with Crippen LogP contribution in [0.1, 0.15) is 37.2 Å². The number of hydrogen-bond acceptors (Lipinski definition) is 4. The van der Waals surface area contributed by atoms with E-state index >= 15 is 0 Å². The van der Waals surface area contributed by atoms with E-state index in [1.54, 1.807) is 0 Å². The van der Waals surface area contributed by atoms with Gasteiger partial charge in [-0.1, -0.05) is 6.07 Å². The molecule has 1 amide bonds. The summed E-state index contributed by atoms with van der Waals surface area (Å²) in [7, 11) is 0. The van der Waals surface area contributed by atoms with Gasteiger partial charge >= 0.3 is 0 Å². The third kappa shape index (κ3) is 3.39. The van der Waals surface area contributed by atoms with Crippen LogP contribution in [0.5, 0.6) is 0 Å². The number of carbonyl (C=O) groups excluding carboxylic acids is 1. The molecule has 0 aromatic heterocycles. The predicted octanol–water partition coefficient (Wildman–Crippen LogP) is 1.30. The molecule has 0 bridgehead atoms. The molecule has 0 aliphatic carbocycles. The third-order valence-corrected chi connectivity index (χ3v) is 4.50. The molecule has 2 saturated heterocycles. The summed E-state index contributed by atoms with van der Waals surface area (Å²) in [5.74, 6) is -0.0842. The Bertz CT molecular complexity index is 546. The highest BCUT2D eigenvalue weighted by atomic mass is 19.1. The smallest absolute Gasteiger partial charge is 0.222 e. The van der Waals surface area contributed by atoms with Crippen LogP contribution in [0.25, 0.3) is 0 Å². The zero-order chi connectivity index (χ0) is 15.5. The van der Waals surface area contributed by atoms with Crippen LogP contribution in [-0.2, 0) is 4.79 Å². The van der Waals surface area contributed by atoms with E-state index in [1.165, 1.54) is 6.07 Å². The van der Waals surface area contributed by atoms with Gasteiger partial charge in [0.2, 0.25) is 5.91 Å². The quantitative estimate of drug-likeness (QED) is 0.679. The van der Waals surface area contributed by atoms with E-state index in [0.29, 0.717) is 18.5 Å². The van der Waals surface area contributed by atoms with E-state index in [2.05, 4.69) is 16.0 Å². The van der Waals surface area contributed by atoms with E-state index in [-0.39, 0.29) is 23.7 Å². The fourth-order valence-electron chi connectivity index (χ4n) is 3.23. The molecular formula is C16H22FN3O2. The normalized spacial score (nSPS) is 26.5. The topological polar surface area (TPSA) is 73.4 Å². The first-order valence-electron chi connectivity index (χ1n) is 7.87. The number of aliphatic hydroxyl groups excluding tert-OH is 1. The average Bonchev–Trinajstić information content (AvgIpc) is 2.51. The molecule has 2 aliphatic rings. The van der Waals surface area contributed by atoms with Crippen molar-refractivity contribution < 1.29 is 14.3 Å². The molecule has 2 heterocycles. The molecular weight excluding hydrogens is 285 g/mol. The van der Waals surface area contributed by atoms with Crippen LogP contribution in [0.15, 0.2) is 18.2 Å². The van der Waals surface area contributed by atoms with Gasteiger partial charge in [0.1, 0.15) is 12.0 Å². The van der Waals surface area contributed by atoms with Crippen LogP contribution in [0, 0.1) is 5.82 Å². The zero-order valence-corrected chi connectivity index (χ0v) is 12.4. The summed E-state index contributed by atoms with van der Waals surface area (Å²) in [5.41, 5.74) is 1.40. The Hall–Kier alpha value is -1.66. The van der Waals surface area contributed by atoms with Crippen LogP contribution in [0.3, 0.4) is 0 Å². The second-order valence-electron chi connectivity index (χ2n) is 6.06. The lowest BCUT2D eigenvalue weighted by Gasteiger charge is -2.30. The first kappa shape index (κ1) is 15.2. The van der Waals surface area contributed by atoms with Gasteiger partial charge in [-0.3, -0.25) is 4.79 Å². The molecule has 0 spiro atoms. The number of anilines is 1. The summed E-state index contributed by atoms with van der Waals surface area (Å²) >= 11 is 0. The molecule has 22 heavy (non-hydrogen) atoms. The van der Waals surface area contributed by atoms with E-state index in [9.17, 15) is 14.3 Å². The molecule has 6 heteroatoms. The maximum atomic E-state index is 14.4. The lowest BCUT2D eigenvalue weighted by molar-refractivity contribution is -0.126. The second-order valence-corrected chi connectivity index (χ2v) is 6.06. The zero-order valence-electron chi connectivity index (χ0n) is 12.4. The number of benzene rings is 1. The molecule has 1 aromatic carbocycles. The van der Waals surface area contributed by atoms with Gasteiger partial charge in [0, 0.05) is 12.1 Å². The van der Waals surface area contributed by atoms with Gasteiger partial charge in [-0.25, -0.2) is 4.39 Å². The average molecular weight is 307 g/mol. The number of piperidine rings is 2. The minimum Gasteiger partial charge on any atom is -0.378 e. The molecule has 0 saturated carbocycles. The fourth-order valence-corrected chi connectivity index (χ4v) is 3.23. The minimum absolute atomic E-state index is 0.155. The summed E-state index contributed by atoms with van der Waals surface area (Å²) in [5, 5.41) is 18.7. The van der Waals surface area contributed by atoms with E-state index in [1.807, 2.05) is 12.1 Å². The molecule has 2 fully saturated rings. The molecule has 120 valence electrons. The molecule has 5 nitrogen and oxygen atoms in total. The van der Waals surface area contributed by atoms with Crippen molar-refractivity contribution in [3.63, 3.8) is 0 Å². The molecule has 3 rings (SSSR count). The largest absolute Gasteiger partial charge is 0.378 e. The molecule has 2 aliphatic heterocycles. The first-order valence-corrected chi connectivity index (χ1v) is 7.87. The van der Waals surface area contributed by atoms with Gasteiger partial charge < -0.3 is 21.1 Å². The number of halogens is 1. The molecule has 2 atom stereocenters. The highest BCUT2D eigenvalue weighted by molar-refractivity contribution is 5.77. The Morgan fingerprint density at radius 1 is 1.23 bits per heavy atom. The van der Waals surface area contributed by atoms with Gasteiger partial charge in [0.05, 0.1) is 6.04 Å². The van der Waals surface area contributed by atoms with E-state index in [0.717, 1.165) is 31.5 Å². The number of hydrogen-bond donors (Lipinski definition) is 4. The van der Waals surface area contributed by atoms with Crippen LogP contribution in [0.4, 0.5) is 10.1 Å². The Morgan fingerprint density at radius 3 is 2.68 bits per heavy atom. The van der Waals surface area contributed by atoms with Crippen molar-refractivity contribution >= 4 is 11.6 Å². The number of aliphatic hydroxyl groups is 1. The lowest BCUT2D eigenvalue weighted by Crippen LogP contribution is -2.51. The summed E-state index contributed by atoms with van der Waals surface area (Å²) in [6.07, 6.45) is 1.87. The highest BCUT2D eigenvalue weighted by Gasteiger charge is 2.27. The minimum atomic E-state index is -0.937. The summed E-state index contributed by atoms with van der Waals surface area (Å²) in [6, 6.07) is 4.88. The SMILES string of the molecule is O=C1CCC(Nc2ccc(C3CCNCC3)c(F)c2)C(O)N1. The van der Waals surface area contributed by atoms with Gasteiger partial charge in [0.15, 0.2) is 0 Å². The van der Waals surface area contributed by atoms with Crippen molar-refractivity contribution in [1.29, 1.82) is 0 Å². The number of nitrogens with one attached hydrogen (secondary N) is 3. The molecule has 4 N–H and O–H groups in total. The van der Waals surface area contributed by atoms with Crippen LogP contribution in [0.2, 0.25) is 0 Å². The van der Waals surface area contributed by atoms with E-state index < -0.39 is 6.23 Å². The van der Waals surface area contributed by atoms with Crippen molar-refractivity contribution in [3.8, 4) is 0 Å². The number of carbonyl (C=O) groups is 1. The first-order chi connectivity index (χ1) is 10.6. The third-order valence-electron chi connectivity index (χ3n) is 4.50. The Balaban J connectivity index is 1.67. The Labute approximate surface area is 129 Å². The Kier molecular flexibility index (Phi) is 4.59. The Morgan fingerprint density at radius 2 is 2.00 bits per heavy atom. The van der Waals surface area contributed by atoms with Crippen molar-refractivity contribution in [2.75, 3.05) is 18.4 Å². The molecule has 1 aromatic rings. The summed E-state index contributed by atoms with van der Waals surface area (Å²) in [4.78, 5) is 11.2. The highest BCUT2D eigenvalue weighted by Crippen LogP contribution is 2.29. The lowest BCUT2D eigenvalue weighted by atomic mass is 9.89. The van der Waals surface area contributed by atoms with Crippen LogP contribution in [-0.4, -0.2) is 36.4 Å². The number of amides is 1. The monoisotopic (exact) mass is 307 g/mol. The standard InChI is InChI=1S/C16H22FN3O2/c17-13-9-11(19-14-3-4-15(21)20-16(14)22)1-2-12(13)10-5-7-18-8-6-10/h1-2,9-10,14,16,18-19,22H,3-8H2,(H,20,21). The molecule has 2 unspecified atom stereocenters. The van der Waals surface area contributed by atoms with Gasteiger partial charge in [0.25, 0.3) is 0 Å². The van der Waals surface area contributed by atoms with Gasteiger partial charge in [-0.2, -0.15) is 0 Å². The van der Waals surface area contributed by atoms with E-state index in [4.69, 9.17) is 0 Å². The van der Waals surface area contributed by atoms with Gasteiger partial charge in [-0.05, 0) is 56.0 Å². The fraction of sp³-hybridized carbons (Fsp3) is 0.562.